The van der Waals surface area contributed by atoms with E-state index in [1.54, 1.807) is 32.3 Å². The number of rotatable bonds is 10. The molecule has 1 atom stereocenters. The Morgan fingerprint density at radius 3 is 2.53 bits per heavy atom. The second-order valence-electron chi connectivity index (χ2n) is 8.97. The van der Waals surface area contributed by atoms with Gasteiger partial charge in [0, 0.05) is 42.1 Å². The number of ether oxygens (including phenoxy) is 3. The van der Waals surface area contributed by atoms with Gasteiger partial charge >= 0.3 is 0 Å². The first-order valence-corrected chi connectivity index (χ1v) is 12.5. The lowest BCUT2D eigenvalue weighted by atomic mass is 9.84. The molecule has 4 rings (SSSR count). The van der Waals surface area contributed by atoms with Gasteiger partial charge < -0.3 is 19.1 Å². The summed E-state index contributed by atoms with van der Waals surface area (Å²) in [6, 6.07) is 12.5. The van der Waals surface area contributed by atoms with Crippen molar-refractivity contribution in [3.8, 4) is 11.5 Å². The second-order valence-corrected chi connectivity index (χ2v) is 9.38. The van der Waals surface area contributed by atoms with Crippen LogP contribution in [0, 0.1) is 5.92 Å². The highest BCUT2D eigenvalue weighted by Gasteiger charge is 2.38. The molecule has 192 valence electrons. The van der Waals surface area contributed by atoms with Crippen molar-refractivity contribution < 1.29 is 23.8 Å². The van der Waals surface area contributed by atoms with E-state index in [0.717, 1.165) is 30.4 Å². The van der Waals surface area contributed by atoms with E-state index < -0.39 is 6.04 Å². The van der Waals surface area contributed by atoms with Gasteiger partial charge in [0.15, 0.2) is 0 Å². The molecule has 2 aromatic carbocycles. The van der Waals surface area contributed by atoms with E-state index in [9.17, 15) is 9.59 Å². The van der Waals surface area contributed by atoms with Gasteiger partial charge in [-0.05, 0) is 37.1 Å². The first kappa shape index (κ1) is 26.0. The molecule has 0 unspecified atom stereocenters. The van der Waals surface area contributed by atoms with E-state index in [1.165, 1.54) is 5.01 Å². The molecule has 2 amide bonds. The predicted octanol–water partition coefficient (Wildman–Crippen LogP) is 4.31. The summed E-state index contributed by atoms with van der Waals surface area (Å²) in [6.45, 7) is 0.618. The zero-order valence-electron chi connectivity index (χ0n) is 20.9. The third-order valence-electron chi connectivity index (χ3n) is 6.80. The van der Waals surface area contributed by atoms with E-state index >= 15 is 0 Å². The second kappa shape index (κ2) is 11.8. The fraction of sp³-hybridized carbons (Fsp3) is 0.444. The molecule has 36 heavy (non-hydrogen) atoms. The van der Waals surface area contributed by atoms with E-state index in [-0.39, 0.29) is 24.3 Å². The zero-order valence-corrected chi connectivity index (χ0v) is 21.7. The van der Waals surface area contributed by atoms with Crippen LogP contribution >= 0.6 is 11.6 Å². The first-order chi connectivity index (χ1) is 17.5. The highest BCUT2D eigenvalue weighted by atomic mass is 35.5. The lowest BCUT2D eigenvalue weighted by Gasteiger charge is -2.32. The van der Waals surface area contributed by atoms with Gasteiger partial charge in [-0.15, -0.1) is 0 Å². The van der Waals surface area contributed by atoms with Crippen LogP contribution in [0.2, 0.25) is 5.02 Å². The number of methoxy groups -OCH3 is 3. The van der Waals surface area contributed by atoms with Crippen LogP contribution in [-0.4, -0.2) is 68.5 Å². The number of benzene rings is 2. The lowest BCUT2D eigenvalue weighted by Crippen LogP contribution is -2.46. The Hall–Kier alpha value is -3.10. The maximum absolute atomic E-state index is 13.7. The molecule has 0 N–H and O–H groups in total. The molecule has 2 aromatic rings. The summed E-state index contributed by atoms with van der Waals surface area (Å²) >= 11 is 6.48. The first-order valence-electron chi connectivity index (χ1n) is 12.1. The summed E-state index contributed by atoms with van der Waals surface area (Å²) < 4.78 is 16.3. The Morgan fingerprint density at radius 1 is 1.11 bits per heavy atom. The fourth-order valence-corrected chi connectivity index (χ4v) is 4.80. The largest absolute Gasteiger partial charge is 0.497 e. The Kier molecular flexibility index (Phi) is 8.48. The van der Waals surface area contributed by atoms with Crippen LogP contribution in [0.1, 0.15) is 42.9 Å². The Bertz CT molecular complexity index is 1130. The van der Waals surface area contributed by atoms with Gasteiger partial charge in [0.1, 0.15) is 18.0 Å². The van der Waals surface area contributed by atoms with Gasteiger partial charge in [-0.25, -0.2) is 5.01 Å². The van der Waals surface area contributed by atoms with Crippen LogP contribution in [0.5, 0.6) is 11.5 Å². The summed E-state index contributed by atoms with van der Waals surface area (Å²) in [7, 11) is 4.76. The van der Waals surface area contributed by atoms with Crippen molar-refractivity contribution in [3.63, 3.8) is 0 Å². The maximum atomic E-state index is 13.7. The molecular formula is C27H32ClN3O5. The van der Waals surface area contributed by atoms with Crippen LogP contribution in [0.3, 0.4) is 0 Å². The molecule has 0 spiro atoms. The number of carbonyl (C=O) groups excluding carboxylic acids is 2. The average Bonchev–Trinajstić information content (AvgIpc) is 3.30. The molecular weight excluding hydrogens is 482 g/mol. The minimum Gasteiger partial charge on any atom is -0.497 e. The van der Waals surface area contributed by atoms with Crippen molar-refractivity contribution in [3.05, 3.63) is 58.6 Å². The summed E-state index contributed by atoms with van der Waals surface area (Å²) in [4.78, 5) is 28.4. The molecule has 1 aliphatic carbocycles. The minimum atomic E-state index is -0.447. The Balaban J connectivity index is 1.68. The molecule has 8 nitrogen and oxygen atoms in total. The van der Waals surface area contributed by atoms with E-state index in [1.807, 2.05) is 36.4 Å². The molecule has 0 saturated heterocycles. The summed E-state index contributed by atoms with van der Waals surface area (Å²) in [5, 5.41) is 6.75. The van der Waals surface area contributed by atoms with Gasteiger partial charge in [-0.3, -0.25) is 9.59 Å². The van der Waals surface area contributed by atoms with Gasteiger partial charge in [-0.1, -0.05) is 36.2 Å². The van der Waals surface area contributed by atoms with Crippen LogP contribution in [0.25, 0.3) is 0 Å². The van der Waals surface area contributed by atoms with Crippen LogP contribution in [0.4, 0.5) is 0 Å². The highest BCUT2D eigenvalue weighted by molar-refractivity contribution is 6.34. The van der Waals surface area contributed by atoms with Crippen LogP contribution < -0.4 is 9.47 Å². The molecule has 9 heteroatoms. The predicted molar refractivity (Wildman–Crippen MR) is 138 cm³/mol. The van der Waals surface area contributed by atoms with Gasteiger partial charge in [0.05, 0.1) is 32.6 Å². The summed E-state index contributed by atoms with van der Waals surface area (Å²) in [5.74, 6) is 0.958. The highest BCUT2D eigenvalue weighted by Crippen LogP contribution is 2.40. The van der Waals surface area contributed by atoms with Crippen molar-refractivity contribution in [2.45, 2.75) is 31.7 Å². The van der Waals surface area contributed by atoms with Crippen molar-refractivity contribution in [1.82, 2.24) is 9.91 Å². The molecule has 0 bridgehead atoms. The molecule has 1 heterocycles. The van der Waals surface area contributed by atoms with Crippen molar-refractivity contribution in [2.24, 2.45) is 11.0 Å². The van der Waals surface area contributed by atoms with Crippen molar-refractivity contribution in [2.75, 3.05) is 41.0 Å². The van der Waals surface area contributed by atoms with Crippen LogP contribution in [-0.2, 0) is 14.3 Å². The number of hydrogen-bond acceptors (Lipinski definition) is 6. The minimum absolute atomic E-state index is 0.00309. The monoisotopic (exact) mass is 513 g/mol. The normalized spacial score (nSPS) is 17.4. The van der Waals surface area contributed by atoms with Crippen molar-refractivity contribution in [1.29, 1.82) is 0 Å². The van der Waals surface area contributed by atoms with E-state index in [4.69, 9.17) is 30.9 Å². The Labute approximate surface area is 216 Å². The van der Waals surface area contributed by atoms with E-state index in [2.05, 4.69) is 0 Å². The van der Waals surface area contributed by atoms with E-state index in [0.29, 0.717) is 41.8 Å². The molecule has 2 aliphatic rings. The number of nitrogens with zero attached hydrogens (tertiary/aromatic N) is 3. The molecule has 0 radical (unpaired) electrons. The SMILES string of the molecule is COCCN(CC(=O)N1N=C(c2ccccc2Cl)C[C@@H]1c1cc(OC)ccc1OC)C(=O)C1CCC1. The smallest absolute Gasteiger partial charge is 0.262 e. The number of hydrogen-bond donors (Lipinski definition) is 0. The number of hydrazone groups is 1. The molecule has 1 saturated carbocycles. The topological polar surface area (TPSA) is 80.7 Å². The molecule has 1 aliphatic heterocycles. The molecule has 1 fully saturated rings. The maximum Gasteiger partial charge on any atom is 0.262 e. The zero-order chi connectivity index (χ0) is 25.7. The fourth-order valence-electron chi connectivity index (χ4n) is 4.56. The van der Waals surface area contributed by atoms with Crippen molar-refractivity contribution >= 4 is 29.1 Å². The number of halogens is 1. The standard InChI is InChI=1S/C27H32ClN3O5/c1-34-14-13-30(27(33)18-7-6-8-18)17-26(32)31-24(21-15-19(35-2)11-12-25(21)36-3)16-23(29-31)20-9-4-5-10-22(20)28/h4-5,9-12,15,18,24H,6-8,13-14,16-17H2,1-3H3/t24-/m1/s1. The summed E-state index contributed by atoms with van der Waals surface area (Å²) in [6.07, 6.45) is 3.20. The van der Waals surface area contributed by atoms with Gasteiger partial charge in [0.25, 0.3) is 5.91 Å². The lowest BCUT2D eigenvalue weighted by molar-refractivity contribution is -0.146. The van der Waals surface area contributed by atoms with Gasteiger partial charge in [0.2, 0.25) is 5.91 Å². The molecule has 0 aromatic heterocycles. The van der Waals surface area contributed by atoms with Crippen LogP contribution in [0.15, 0.2) is 47.6 Å². The summed E-state index contributed by atoms with van der Waals surface area (Å²) in [5.41, 5.74) is 2.23. The number of carbonyl (C=O) groups is 2. The Morgan fingerprint density at radius 2 is 1.89 bits per heavy atom. The average molecular weight is 514 g/mol. The van der Waals surface area contributed by atoms with Gasteiger partial charge in [-0.2, -0.15) is 5.10 Å². The third kappa shape index (κ3) is 5.50. The quantitative estimate of drug-likeness (QED) is 0.473. The third-order valence-corrected chi connectivity index (χ3v) is 7.13. The number of amides is 2.